The van der Waals surface area contributed by atoms with Crippen molar-refractivity contribution in [1.82, 2.24) is 0 Å². The first-order chi connectivity index (χ1) is 13.5. The largest absolute Gasteiger partial charge is 0.423 e. The molecule has 0 fully saturated rings. The Morgan fingerprint density at radius 3 is 1.93 bits per heavy atom. The summed E-state index contributed by atoms with van der Waals surface area (Å²) in [7, 11) is 0. The van der Waals surface area contributed by atoms with Gasteiger partial charge in [-0.1, -0.05) is 36.4 Å². The molecule has 3 aromatic rings. The maximum absolute atomic E-state index is 12.4. The smallest absolute Gasteiger partial charge is 0.343 e. The summed E-state index contributed by atoms with van der Waals surface area (Å²) in [4.78, 5) is 37.2. The van der Waals surface area contributed by atoms with Gasteiger partial charge < -0.3 is 15.8 Å². The fourth-order valence-electron chi connectivity index (χ4n) is 2.45. The van der Waals surface area contributed by atoms with E-state index in [-0.39, 0.29) is 11.3 Å². The summed E-state index contributed by atoms with van der Waals surface area (Å²) in [5.74, 6) is -0.144. The van der Waals surface area contributed by atoms with Gasteiger partial charge >= 0.3 is 18.0 Å². The summed E-state index contributed by atoms with van der Waals surface area (Å²) in [6, 6.07) is 21.4. The molecule has 0 radical (unpaired) electrons. The summed E-state index contributed by atoms with van der Waals surface area (Å²) in [6.45, 7) is 0. The van der Waals surface area contributed by atoms with Gasteiger partial charge in [-0.15, -0.1) is 0 Å². The van der Waals surface area contributed by atoms with Crippen molar-refractivity contribution in [3.05, 3.63) is 90.5 Å². The van der Waals surface area contributed by atoms with Crippen molar-refractivity contribution >= 4 is 29.4 Å². The first kappa shape index (κ1) is 18.7. The third-order valence-corrected chi connectivity index (χ3v) is 3.76. The van der Waals surface area contributed by atoms with Gasteiger partial charge in [-0.05, 0) is 48.5 Å². The first-order valence-corrected chi connectivity index (χ1v) is 8.37. The Balaban J connectivity index is 1.74. The molecular formula is C21H17N3O4. The van der Waals surface area contributed by atoms with E-state index in [0.717, 1.165) is 4.90 Å². The third-order valence-electron chi connectivity index (χ3n) is 3.76. The van der Waals surface area contributed by atoms with E-state index in [1.54, 1.807) is 54.6 Å². The van der Waals surface area contributed by atoms with Gasteiger partial charge in [0.05, 0.1) is 11.3 Å². The average Bonchev–Trinajstić information content (AvgIpc) is 2.70. The Bertz CT molecular complexity index is 974. The zero-order valence-electron chi connectivity index (χ0n) is 14.7. The molecule has 0 heterocycles. The van der Waals surface area contributed by atoms with Crippen LogP contribution >= 0.6 is 0 Å². The predicted octanol–water partition coefficient (Wildman–Crippen LogP) is 4.02. The van der Waals surface area contributed by atoms with E-state index in [0.29, 0.717) is 11.4 Å². The fraction of sp³-hybridized carbons (Fsp3) is 0. The second-order valence-electron chi connectivity index (χ2n) is 5.72. The summed E-state index contributed by atoms with van der Waals surface area (Å²) >= 11 is 0. The van der Waals surface area contributed by atoms with E-state index in [4.69, 9.17) is 10.5 Å². The lowest BCUT2D eigenvalue weighted by atomic mass is 10.2. The summed E-state index contributed by atoms with van der Waals surface area (Å²) in [5.41, 5.74) is 6.36. The van der Waals surface area contributed by atoms with E-state index >= 15 is 0 Å². The van der Waals surface area contributed by atoms with Gasteiger partial charge in [0.2, 0.25) is 0 Å². The number of carbonyl (C=O) groups excluding carboxylic acids is 3. The number of nitrogens with two attached hydrogens (primary N) is 1. The van der Waals surface area contributed by atoms with Crippen molar-refractivity contribution in [3.8, 4) is 5.75 Å². The standard InChI is InChI=1S/C21H17N3O4/c22-20(26)24(21(27)23-16-7-3-1-4-8-16)17-13-11-15(12-14-17)19(25)28-18-9-5-2-6-10-18/h1-14H,(H2,22,26)(H,23,27). The van der Waals surface area contributed by atoms with E-state index in [9.17, 15) is 14.4 Å². The summed E-state index contributed by atoms with van der Waals surface area (Å²) in [5, 5.41) is 2.59. The lowest BCUT2D eigenvalue weighted by molar-refractivity contribution is 0.0734. The number of benzene rings is 3. The van der Waals surface area contributed by atoms with Crippen LogP contribution in [0.25, 0.3) is 0 Å². The normalized spacial score (nSPS) is 10.0. The molecule has 0 aromatic heterocycles. The first-order valence-electron chi connectivity index (χ1n) is 8.37. The molecule has 4 amide bonds. The van der Waals surface area contributed by atoms with E-state index < -0.39 is 18.0 Å². The molecule has 3 aromatic carbocycles. The summed E-state index contributed by atoms with van der Waals surface area (Å²) in [6.07, 6.45) is 0. The van der Waals surface area contributed by atoms with Crippen molar-refractivity contribution < 1.29 is 19.1 Å². The van der Waals surface area contributed by atoms with Gasteiger partial charge in [0, 0.05) is 5.69 Å². The number of nitrogens with one attached hydrogen (secondary N) is 1. The number of urea groups is 2. The van der Waals surface area contributed by atoms with Crippen LogP contribution in [0, 0.1) is 0 Å². The molecule has 28 heavy (non-hydrogen) atoms. The van der Waals surface area contributed by atoms with E-state index in [1.165, 1.54) is 24.3 Å². The Morgan fingerprint density at radius 2 is 1.36 bits per heavy atom. The molecule has 140 valence electrons. The monoisotopic (exact) mass is 375 g/mol. The molecule has 0 spiro atoms. The minimum Gasteiger partial charge on any atom is -0.423 e. The van der Waals surface area contributed by atoms with Gasteiger partial charge in [0.1, 0.15) is 5.75 Å². The number of hydrogen-bond acceptors (Lipinski definition) is 4. The Morgan fingerprint density at radius 1 is 0.786 bits per heavy atom. The van der Waals surface area contributed by atoms with Crippen LogP contribution in [0.4, 0.5) is 21.0 Å². The number of carbonyl (C=O) groups is 3. The molecule has 0 saturated heterocycles. The molecule has 0 aliphatic carbocycles. The van der Waals surface area contributed by atoms with Gasteiger partial charge in [0.15, 0.2) is 0 Å². The molecular weight excluding hydrogens is 358 g/mol. The van der Waals surface area contributed by atoms with Crippen LogP contribution in [-0.2, 0) is 0 Å². The van der Waals surface area contributed by atoms with Crippen molar-refractivity contribution in [2.45, 2.75) is 0 Å². The number of imide groups is 1. The highest BCUT2D eigenvalue weighted by Crippen LogP contribution is 2.19. The highest BCUT2D eigenvalue weighted by Gasteiger charge is 2.22. The quantitative estimate of drug-likeness (QED) is 0.531. The second kappa shape index (κ2) is 8.50. The maximum atomic E-state index is 12.4. The molecule has 7 nitrogen and oxygen atoms in total. The molecule has 3 N–H and O–H groups in total. The van der Waals surface area contributed by atoms with Gasteiger partial charge in [0.25, 0.3) is 0 Å². The number of amides is 4. The van der Waals surface area contributed by atoms with E-state index in [2.05, 4.69) is 5.32 Å². The van der Waals surface area contributed by atoms with Crippen molar-refractivity contribution in [3.63, 3.8) is 0 Å². The highest BCUT2D eigenvalue weighted by atomic mass is 16.5. The van der Waals surface area contributed by atoms with Crippen LogP contribution in [0.15, 0.2) is 84.9 Å². The Kier molecular flexibility index (Phi) is 5.66. The van der Waals surface area contributed by atoms with Crippen LogP contribution in [0.2, 0.25) is 0 Å². The zero-order valence-corrected chi connectivity index (χ0v) is 14.7. The predicted molar refractivity (Wildman–Crippen MR) is 105 cm³/mol. The van der Waals surface area contributed by atoms with Crippen molar-refractivity contribution in [1.29, 1.82) is 0 Å². The summed E-state index contributed by atoms with van der Waals surface area (Å²) < 4.78 is 5.25. The second-order valence-corrected chi connectivity index (χ2v) is 5.72. The number of rotatable bonds is 4. The van der Waals surface area contributed by atoms with E-state index in [1.807, 2.05) is 6.07 Å². The lowest BCUT2D eigenvalue weighted by Crippen LogP contribution is -2.43. The lowest BCUT2D eigenvalue weighted by Gasteiger charge is -2.19. The molecule has 3 rings (SSSR count). The van der Waals surface area contributed by atoms with Gasteiger partial charge in [-0.3, -0.25) is 0 Å². The van der Waals surface area contributed by atoms with Crippen LogP contribution in [0.5, 0.6) is 5.75 Å². The zero-order chi connectivity index (χ0) is 19.9. The van der Waals surface area contributed by atoms with Crippen LogP contribution in [0.1, 0.15) is 10.4 Å². The average molecular weight is 375 g/mol. The SMILES string of the molecule is NC(=O)N(C(=O)Nc1ccccc1)c1ccc(C(=O)Oc2ccccc2)cc1. The Labute approximate surface area is 161 Å². The molecule has 0 atom stereocenters. The Hall–Kier alpha value is -4.13. The number of para-hydroxylation sites is 2. The minimum atomic E-state index is -0.951. The molecule has 0 bridgehead atoms. The van der Waals surface area contributed by atoms with Gasteiger partial charge in [-0.2, -0.15) is 0 Å². The van der Waals surface area contributed by atoms with Crippen LogP contribution < -0.4 is 20.7 Å². The number of hydrogen-bond donors (Lipinski definition) is 2. The molecule has 0 aliphatic rings. The third kappa shape index (κ3) is 4.53. The van der Waals surface area contributed by atoms with Crippen molar-refractivity contribution in [2.75, 3.05) is 10.2 Å². The van der Waals surface area contributed by atoms with Gasteiger partial charge in [-0.25, -0.2) is 19.3 Å². The minimum absolute atomic E-state index is 0.220. The highest BCUT2D eigenvalue weighted by molar-refractivity contribution is 6.17. The van der Waals surface area contributed by atoms with Crippen LogP contribution in [0.3, 0.4) is 0 Å². The molecule has 0 unspecified atom stereocenters. The van der Waals surface area contributed by atoms with Crippen LogP contribution in [-0.4, -0.2) is 18.0 Å². The number of anilines is 2. The topological polar surface area (TPSA) is 102 Å². The number of esters is 1. The molecule has 7 heteroatoms. The molecule has 0 saturated carbocycles. The maximum Gasteiger partial charge on any atom is 0.343 e. The molecule has 0 aliphatic heterocycles. The van der Waals surface area contributed by atoms with Crippen molar-refractivity contribution in [2.24, 2.45) is 5.73 Å². The number of nitrogens with zero attached hydrogens (tertiary/aromatic N) is 1. The number of primary amides is 1. The number of ether oxygens (including phenoxy) is 1. The fourth-order valence-corrected chi connectivity index (χ4v) is 2.45.